The van der Waals surface area contributed by atoms with Crippen molar-refractivity contribution in [1.82, 2.24) is 5.32 Å². The summed E-state index contributed by atoms with van der Waals surface area (Å²) in [6.07, 6.45) is 1.31. The van der Waals surface area contributed by atoms with Gasteiger partial charge in [0, 0.05) is 13.0 Å². The molecule has 1 amide bonds. The second-order valence-corrected chi connectivity index (χ2v) is 4.32. The number of aryl methyl sites for hydroxylation is 1. The molecule has 0 atom stereocenters. The van der Waals surface area contributed by atoms with Crippen molar-refractivity contribution in [2.75, 3.05) is 19.4 Å². The lowest BCUT2D eigenvalue weighted by Gasteiger charge is -2.08. The van der Waals surface area contributed by atoms with E-state index < -0.39 is 0 Å². The van der Waals surface area contributed by atoms with Gasteiger partial charge >= 0.3 is 0 Å². The molecule has 4 heteroatoms. The summed E-state index contributed by atoms with van der Waals surface area (Å²) in [7, 11) is 1.67. The first-order chi connectivity index (χ1) is 8.17. The van der Waals surface area contributed by atoms with E-state index in [-0.39, 0.29) is 5.91 Å². The second kappa shape index (κ2) is 7.22. The molecule has 0 aromatic heterocycles. The topological polar surface area (TPSA) is 38.3 Å². The predicted molar refractivity (Wildman–Crippen MR) is 72.9 cm³/mol. The molecular formula is C13H19NO2S. The number of methoxy groups -OCH3 is 1. The number of carbonyl (C=O) groups excluding carboxylic acids is 1. The summed E-state index contributed by atoms with van der Waals surface area (Å²) in [5, 5.41) is 2.86. The van der Waals surface area contributed by atoms with E-state index in [2.05, 4.69) is 24.0 Å². The van der Waals surface area contributed by atoms with E-state index in [0.29, 0.717) is 18.7 Å². The Hall–Kier alpha value is -1.16. The highest BCUT2D eigenvalue weighted by atomic mass is 32.1. The molecule has 0 aliphatic rings. The standard InChI is InChI=1S/C13H19NO2S/c1-10-9-11(3-4-12(10)16-2)5-7-14-13(15)6-8-17/h3-4,9,17H,5-8H2,1-2H3,(H,14,15). The predicted octanol–water partition coefficient (Wildman–Crippen LogP) is 1.98. The minimum atomic E-state index is 0.0604. The van der Waals surface area contributed by atoms with Crippen LogP contribution in [0.15, 0.2) is 18.2 Å². The Kier molecular flexibility index (Phi) is 5.91. The Bertz CT molecular complexity index is 380. The number of thiol groups is 1. The quantitative estimate of drug-likeness (QED) is 0.761. The molecule has 0 heterocycles. The first-order valence-electron chi connectivity index (χ1n) is 5.68. The number of amides is 1. The van der Waals surface area contributed by atoms with Crippen molar-refractivity contribution in [3.05, 3.63) is 29.3 Å². The van der Waals surface area contributed by atoms with Crippen molar-refractivity contribution >= 4 is 18.5 Å². The Morgan fingerprint density at radius 3 is 2.82 bits per heavy atom. The molecule has 0 aliphatic carbocycles. The first-order valence-corrected chi connectivity index (χ1v) is 6.31. The molecule has 0 fully saturated rings. The van der Waals surface area contributed by atoms with Crippen molar-refractivity contribution in [3.8, 4) is 5.75 Å². The third-order valence-electron chi connectivity index (χ3n) is 2.53. The molecule has 0 saturated carbocycles. The van der Waals surface area contributed by atoms with Gasteiger partial charge in [0.15, 0.2) is 0 Å². The number of carbonyl (C=O) groups is 1. The summed E-state index contributed by atoms with van der Waals surface area (Å²) in [5.74, 6) is 1.55. The maximum absolute atomic E-state index is 11.2. The number of nitrogens with one attached hydrogen (secondary N) is 1. The smallest absolute Gasteiger partial charge is 0.220 e. The van der Waals surface area contributed by atoms with Crippen LogP contribution in [0.5, 0.6) is 5.75 Å². The van der Waals surface area contributed by atoms with E-state index in [9.17, 15) is 4.79 Å². The van der Waals surface area contributed by atoms with Crippen LogP contribution in [0.2, 0.25) is 0 Å². The van der Waals surface area contributed by atoms with Gasteiger partial charge in [-0.25, -0.2) is 0 Å². The Labute approximate surface area is 108 Å². The molecule has 94 valence electrons. The fourth-order valence-electron chi connectivity index (χ4n) is 1.63. The third-order valence-corrected chi connectivity index (χ3v) is 2.76. The van der Waals surface area contributed by atoms with Crippen molar-refractivity contribution in [2.24, 2.45) is 0 Å². The maximum Gasteiger partial charge on any atom is 0.220 e. The highest BCUT2D eigenvalue weighted by Crippen LogP contribution is 2.18. The van der Waals surface area contributed by atoms with Crippen LogP contribution in [0, 0.1) is 6.92 Å². The van der Waals surface area contributed by atoms with Gasteiger partial charge in [-0.05, 0) is 36.3 Å². The van der Waals surface area contributed by atoms with Crippen LogP contribution < -0.4 is 10.1 Å². The Morgan fingerprint density at radius 2 is 2.24 bits per heavy atom. The molecule has 1 N–H and O–H groups in total. The molecular weight excluding hydrogens is 234 g/mol. The average molecular weight is 253 g/mol. The minimum absolute atomic E-state index is 0.0604. The zero-order valence-corrected chi connectivity index (χ0v) is 11.2. The Balaban J connectivity index is 2.42. The molecule has 1 aromatic rings. The summed E-state index contributed by atoms with van der Waals surface area (Å²) in [6.45, 7) is 2.68. The lowest BCUT2D eigenvalue weighted by molar-refractivity contribution is -0.120. The molecule has 1 rings (SSSR count). The third kappa shape index (κ3) is 4.69. The van der Waals surface area contributed by atoms with Gasteiger partial charge in [-0.2, -0.15) is 12.6 Å². The zero-order chi connectivity index (χ0) is 12.7. The number of rotatable bonds is 6. The molecule has 0 saturated heterocycles. The van der Waals surface area contributed by atoms with E-state index in [1.165, 1.54) is 5.56 Å². The fraction of sp³-hybridized carbons (Fsp3) is 0.462. The van der Waals surface area contributed by atoms with Crippen LogP contribution in [0.25, 0.3) is 0 Å². The monoisotopic (exact) mass is 253 g/mol. The van der Waals surface area contributed by atoms with E-state index in [4.69, 9.17) is 4.74 Å². The van der Waals surface area contributed by atoms with E-state index >= 15 is 0 Å². The number of benzene rings is 1. The number of hydrogen-bond donors (Lipinski definition) is 2. The summed E-state index contributed by atoms with van der Waals surface area (Å²) in [6, 6.07) is 6.07. The lowest BCUT2D eigenvalue weighted by atomic mass is 10.1. The van der Waals surface area contributed by atoms with Crippen molar-refractivity contribution in [1.29, 1.82) is 0 Å². The van der Waals surface area contributed by atoms with Crippen LogP contribution in [-0.2, 0) is 11.2 Å². The Morgan fingerprint density at radius 1 is 1.47 bits per heavy atom. The maximum atomic E-state index is 11.2. The van der Waals surface area contributed by atoms with Crippen molar-refractivity contribution < 1.29 is 9.53 Å². The van der Waals surface area contributed by atoms with Gasteiger partial charge in [-0.3, -0.25) is 4.79 Å². The highest BCUT2D eigenvalue weighted by molar-refractivity contribution is 7.80. The van der Waals surface area contributed by atoms with Crippen molar-refractivity contribution in [3.63, 3.8) is 0 Å². The summed E-state index contributed by atoms with van der Waals surface area (Å²) in [4.78, 5) is 11.2. The molecule has 0 aliphatic heterocycles. The van der Waals surface area contributed by atoms with Crippen LogP contribution in [0.3, 0.4) is 0 Å². The van der Waals surface area contributed by atoms with Gasteiger partial charge in [-0.1, -0.05) is 12.1 Å². The van der Waals surface area contributed by atoms with Gasteiger partial charge in [-0.15, -0.1) is 0 Å². The van der Waals surface area contributed by atoms with Gasteiger partial charge < -0.3 is 10.1 Å². The molecule has 3 nitrogen and oxygen atoms in total. The average Bonchev–Trinajstić information content (AvgIpc) is 2.29. The van der Waals surface area contributed by atoms with E-state index in [1.807, 2.05) is 19.1 Å². The SMILES string of the molecule is COc1ccc(CCNC(=O)CCS)cc1C. The first kappa shape index (κ1) is 13.9. The molecule has 0 radical (unpaired) electrons. The van der Waals surface area contributed by atoms with Crippen LogP contribution in [-0.4, -0.2) is 25.3 Å². The molecule has 0 bridgehead atoms. The van der Waals surface area contributed by atoms with Crippen LogP contribution in [0.1, 0.15) is 17.5 Å². The van der Waals surface area contributed by atoms with E-state index in [1.54, 1.807) is 7.11 Å². The largest absolute Gasteiger partial charge is 0.496 e. The summed E-state index contributed by atoms with van der Waals surface area (Å²) >= 11 is 4.01. The van der Waals surface area contributed by atoms with Crippen LogP contribution in [0.4, 0.5) is 0 Å². The highest BCUT2D eigenvalue weighted by Gasteiger charge is 2.01. The normalized spacial score (nSPS) is 10.1. The lowest BCUT2D eigenvalue weighted by Crippen LogP contribution is -2.25. The molecule has 0 spiro atoms. The fourth-order valence-corrected chi connectivity index (χ4v) is 1.84. The molecule has 1 aromatic carbocycles. The summed E-state index contributed by atoms with van der Waals surface area (Å²) in [5.41, 5.74) is 2.32. The van der Waals surface area contributed by atoms with Crippen molar-refractivity contribution in [2.45, 2.75) is 19.8 Å². The minimum Gasteiger partial charge on any atom is -0.496 e. The molecule has 0 unspecified atom stereocenters. The summed E-state index contributed by atoms with van der Waals surface area (Å²) < 4.78 is 5.20. The molecule has 17 heavy (non-hydrogen) atoms. The van der Waals surface area contributed by atoms with Gasteiger partial charge in [0.25, 0.3) is 0 Å². The second-order valence-electron chi connectivity index (χ2n) is 3.88. The number of ether oxygens (including phenoxy) is 1. The van der Waals surface area contributed by atoms with Gasteiger partial charge in [0.05, 0.1) is 7.11 Å². The van der Waals surface area contributed by atoms with E-state index in [0.717, 1.165) is 17.7 Å². The van der Waals surface area contributed by atoms with Crippen LogP contribution >= 0.6 is 12.6 Å². The zero-order valence-electron chi connectivity index (χ0n) is 10.3. The van der Waals surface area contributed by atoms with Gasteiger partial charge in [0.2, 0.25) is 5.91 Å². The number of hydrogen-bond acceptors (Lipinski definition) is 3. The van der Waals surface area contributed by atoms with Gasteiger partial charge in [0.1, 0.15) is 5.75 Å².